The highest BCUT2D eigenvalue weighted by atomic mass is 16.5. The predicted octanol–water partition coefficient (Wildman–Crippen LogP) is 3.25. The number of methoxy groups -OCH3 is 1. The zero-order chi connectivity index (χ0) is 18.0. The zero-order valence-electron chi connectivity index (χ0n) is 14.6. The van der Waals surface area contributed by atoms with Crippen LogP contribution in [0.1, 0.15) is 29.8 Å². The minimum Gasteiger partial charge on any atom is -0.493 e. The number of carbonyl (C=O) groups is 2. The van der Waals surface area contributed by atoms with Crippen molar-refractivity contribution in [2.45, 2.75) is 26.3 Å². The highest BCUT2D eigenvalue weighted by Gasteiger charge is 2.30. The van der Waals surface area contributed by atoms with Gasteiger partial charge in [0.2, 0.25) is 0 Å². The number of para-hydroxylation sites is 1. The molecule has 2 aromatic rings. The van der Waals surface area contributed by atoms with Crippen molar-refractivity contribution in [1.29, 1.82) is 0 Å². The molecule has 3 rings (SSSR count). The van der Waals surface area contributed by atoms with Gasteiger partial charge in [0.15, 0.2) is 23.9 Å². The Bertz CT molecular complexity index is 815. The SMILES string of the molecule is COc1cc(C(C)=O)ccc1OCC(=O)N1c2ccccc2CC1C. The Labute approximate surface area is 147 Å². The number of hydrogen-bond acceptors (Lipinski definition) is 4. The fourth-order valence-electron chi connectivity index (χ4n) is 3.16. The summed E-state index contributed by atoms with van der Waals surface area (Å²) in [5, 5.41) is 0. The molecule has 1 aliphatic heterocycles. The Balaban J connectivity index is 1.74. The molecule has 0 saturated heterocycles. The number of anilines is 1. The normalized spacial score (nSPS) is 15.6. The lowest BCUT2D eigenvalue weighted by molar-refractivity contribution is -0.120. The number of nitrogens with zero attached hydrogens (tertiary/aromatic N) is 1. The van der Waals surface area contributed by atoms with Crippen LogP contribution in [0.2, 0.25) is 0 Å². The number of carbonyl (C=O) groups excluding carboxylic acids is 2. The van der Waals surface area contributed by atoms with E-state index in [0.717, 1.165) is 12.1 Å². The van der Waals surface area contributed by atoms with Crippen LogP contribution in [-0.2, 0) is 11.2 Å². The summed E-state index contributed by atoms with van der Waals surface area (Å²) >= 11 is 0. The lowest BCUT2D eigenvalue weighted by Crippen LogP contribution is -2.39. The highest BCUT2D eigenvalue weighted by Crippen LogP contribution is 2.32. The molecule has 0 N–H and O–H groups in total. The van der Waals surface area contributed by atoms with E-state index in [4.69, 9.17) is 9.47 Å². The summed E-state index contributed by atoms with van der Waals surface area (Å²) in [5.74, 6) is 0.731. The first-order valence-electron chi connectivity index (χ1n) is 8.23. The Morgan fingerprint density at radius 3 is 2.64 bits per heavy atom. The second-order valence-electron chi connectivity index (χ2n) is 6.16. The van der Waals surface area contributed by atoms with E-state index in [1.54, 1.807) is 23.1 Å². The largest absolute Gasteiger partial charge is 0.493 e. The minimum atomic E-state index is -0.102. The second-order valence-corrected chi connectivity index (χ2v) is 6.16. The summed E-state index contributed by atoms with van der Waals surface area (Å²) in [6.07, 6.45) is 0.846. The van der Waals surface area contributed by atoms with Gasteiger partial charge in [0.05, 0.1) is 7.11 Å². The molecule has 0 fully saturated rings. The van der Waals surface area contributed by atoms with E-state index in [1.807, 2.05) is 31.2 Å². The molecule has 0 spiro atoms. The van der Waals surface area contributed by atoms with Crippen molar-refractivity contribution < 1.29 is 19.1 Å². The van der Waals surface area contributed by atoms with Gasteiger partial charge < -0.3 is 14.4 Å². The molecule has 5 heteroatoms. The van der Waals surface area contributed by atoms with Gasteiger partial charge in [-0.3, -0.25) is 9.59 Å². The number of rotatable bonds is 5. The first-order chi connectivity index (χ1) is 12.0. The average Bonchev–Trinajstić information content (AvgIpc) is 2.95. The molecule has 0 saturated carbocycles. The van der Waals surface area contributed by atoms with E-state index in [2.05, 4.69) is 0 Å². The number of ether oxygens (including phenoxy) is 2. The van der Waals surface area contributed by atoms with Crippen LogP contribution in [0.4, 0.5) is 5.69 Å². The third kappa shape index (κ3) is 3.36. The first kappa shape index (κ1) is 17.0. The van der Waals surface area contributed by atoms with Crippen LogP contribution in [0.3, 0.4) is 0 Å². The fraction of sp³-hybridized carbons (Fsp3) is 0.300. The van der Waals surface area contributed by atoms with E-state index >= 15 is 0 Å². The molecule has 1 amide bonds. The van der Waals surface area contributed by atoms with Crippen molar-refractivity contribution in [1.82, 2.24) is 0 Å². The van der Waals surface area contributed by atoms with Crippen LogP contribution in [0.5, 0.6) is 11.5 Å². The van der Waals surface area contributed by atoms with Crippen molar-refractivity contribution in [2.24, 2.45) is 0 Å². The second kappa shape index (κ2) is 6.97. The Kier molecular flexibility index (Phi) is 4.74. The van der Waals surface area contributed by atoms with Crippen molar-refractivity contribution in [2.75, 3.05) is 18.6 Å². The number of fused-ring (bicyclic) bond motifs is 1. The van der Waals surface area contributed by atoms with Gasteiger partial charge in [-0.2, -0.15) is 0 Å². The molecule has 0 aromatic heterocycles. The molecule has 1 heterocycles. The van der Waals surface area contributed by atoms with Crippen molar-refractivity contribution in [3.05, 3.63) is 53.6 Å². The van der Waals surface area contributed by atoms with Crippen molar-refractivity contribution >= 4 is 17.4 Å². The number of Topliss-reactive ketones (excluding diaryl/α,β-unsaturated/α-hetero) is 1. The number of benzene rings is 2. The molecule has 1 atom stereocenters. The summed E-state index contributed by atoms with van der Waals surface area (Å²) in [4.78, 5) is 25.9. The molecule has 25 heavy (non-hydrogen) atoms. The molecular formula is C20H21NO4. The van der Waals surface area contributed by atoms with Gasteiger partial charge in [-0.25, -0.2) is 0 Å². The van der Waals surface area contributed by atoms with Gasteiger partial charge in [-0.05, 0) is 50.1 Å². The molecule has 0 aliphatic carbocycles. The van der Waals surface area contributed by atoms with E-state index < -0.39 is 0 Å². The predicted molar refractivity (Wildman–Crippen MR) is 95.6 cm³/mol. The summed E-state index contributed by atoms with van der Waals surface area (Å²) in [5.41, 5.74) is 2.66. The molecule has 2 aromatic carbocycles. The van der Waals surface area contributed by atoms with E-state index in [1.165, 1.54) is 19.6 Å². The summed E-state index contributed by atoms with van der Waals surface area (Å²) in [7, 11) is 1.51. The Morgan fingerprint density at radius 2 is 1.92 bits per heavy atom. The highest BCUT2D eigenvalue weighted by molar-refractivity contribution is 5.97. The van der Waals surface area contributed by atoms with Crippen molar-refractivity contribution in [3.63, 3.8) is 0 Å². The maximum absolute atomic E-state index is 12.7. The topological polar surface area (TPSA) is 55.8 Å². The summed E-state index contributed by atoms with van der Waals surface area (Å²) in [6.45, 7) is 3.43. The van der Waals surface area contributed by atoms with Gasteiger partial charge in [-0.1, -0.05) is 18.2 Å². The average molecular weight is 339 g/mol. The lowest BCUT2D eigenvalue weighted by atomic mass is 10.1. The lowest BCUT2D eigenvalue weighted by Gasteiger charge is -2.23. The number of ketones is 1. The smallest absolute Gasteiger partial charge is 0.265 e. The van der Waals surface area contributed by atoms with Gasteiger partial charge in [0.25, 0.3) is 5.91 Å². The number of amides is 1. The molecule has 130 valence electrons. The maximum atomic E-state index is 12.7. The molecular weight excluding hydrogens is 318 g/mol. The zero-order valence-corrected chi connectivity index (χ0v) is 14.6. The standard InChI is InChI=1S/C20H21NO4/c1-13-10-16-6-4-5-7-17(16)21(13)20(23)12-25-18-9-8-15(14(2)22)11-19(18)24-3/h4-9,11,13H,10,12H2,1-3H3. The summed E-state index contributed by atoms with van der Waals surface area (Å²) in [6, 6.07) is 13.0. The van der Waals surface area contributed by atoms with Crippen LogP contribution >= 0.6 is 0 Å². The fourth-order valence-corrected chi connectivity index (χ4v) is 3.16. The van der Waals surface area contributed by atoms with Crippen molar-refractivity contribution in [3.8, 4) is 11.5 Å². The van der Waals surface area contributed by atoms with Crippen LogP contribution < -0.4 is 14.4 Å². The third-order valence-corrected chi connectivity index (χ3v) is 4.40. The van der Waals surface area contributed by atoms with E-state index in [9.17, 15) is 9.59 Å². The molecule has 1 unspecified atom stereocenters. The molecule has 0 radical (unpaired) electrons. The number of hydrogen-bond donors (Lipinski definition) is 0. The van der Waals surface area contributed by atoms with Crippen LogP contribution in [-0.4, -0.2) is 31.4 Å². The Hall–Kier alpha value is -2.82. The van der Waals surface area contributed by atoms with Gasteiger partial charge in [-0.15, -0.1) is 0 Å². The summed E-state index contributed by atoms with van der Waals surface area (Å²) < 4.78 is 10.9. The minimum absolute atomic E-state index is 0.0524. The van der Waals surface area contributed by atoms with Gasteiger partial charge >= 0.3 is 0 Å². The van der Waals surface area contributed by atoms with Crippen LogP contribution in [0.15, 0.2) is 42.5 Å². The molecule has 5 nitrogen and oxygen atoms in total. The van der Waals surface area contributed by atoms with Crippen LogP contribution in [0.25, 0.3) is 0 Å². The Morgan fingerprint density at radius 1 is 1.16 bits per heavy atom. The van der Waals surface area contributed by atoms with Crippen LogP contribution in [0, 0.1) is 0 Å². The molecule has 0 bridgehead atoms. The first-order valence-corrected chi connectivity index (χ1v) is 8.23. The quantitative estimate of drug-likeness (QED) is 0.785. The molecule has 1 aliphatic rings. The van der Waals surface area contributed by atoms with E-state index in [-0.39, 0.29) is 24.3 Å². The third-order valence-electron chi connectivity index (χ3n) is 4.40. The monoisotopic (exact) mass is 339 g/mol. The van der Waals surface area contributed by atoms with Gasteiger partial charge in [0, 0.05) is 17.3 Å². The maximum Gasteiger partial charge on any atom is 0.265 e. The van der Waals surface area contributed by atoms with E-state index in [0.29, 0.717) is 17.1 Å². The van der Waals surface area contributed by atoms with Gasteiger partial charge in [0.1, 0.15) is 0 Å².